The van der Waals surface area contributed by atoms with Gasteiger partial charge in [0.1, 0.15) is 11.9 Å². The molecule has 1 atom stereocenters. The molecule has 1 aromatic carbocycles. The fourth-order valence-electron chi connectivity index (χ4n) is 4.37. The van der Waals surface area contributed by atoms with Gasteiger partial charge in [-0.15, -0.1) is 11.3 Å². The number of aryl methyl sites for hydroxylation is 1. The first-order valence-electron chi connectivity index (χ1n) is 11.2. The molecule has 12 heteroatoms. The van der Waals surface area contributed by atoms with Crippen molar-refractivity contribution in [1.82, 2.24) is 15.1 Å². The van der Waals surface area contributed by atoms with Gasteiger partial charge in [0.05, 0.1) is 34.2 Å². The second-order valence-corrected chi connectivity index (χ2v) is 9.60. The van der Waals surface area contributed by atoms with Gasteiger partial charge in [0.2, 0.25) is 0 Å². The number of hydrogen-bond donors (Lipinski definition) is 1. The molecule has 2 heterocycles. The lowest BCUT2D eigenvalue weighted by Crippen LogP contribution is -2.27. The van der Waals surface area contributed by atoms with Crippen LogP contribution in [0.15, 0.2) is 21.5 Å². The summed E-state index contributed by atoms with van der Waals surface area (Å²) in [6.45, 7) is 3.71. The minimum absolute atomic E-state index is 0.0209. The summed E-state index contributed by atoms with van der Waals surface area (Å²) in [4.78, 5) is 19.1. The van der Waals surface area contributed by atoms with Crippen LogP contribution in [0.2, 0.25) is 0 Å². The number of rotatable bonds is 7. The summed E-state index contributed by atoms with van der Waals surface area (Å²) >= 11 is 1.41. The van der Waals surface area contributed by atoms with Crippen LogP contribution in [0.1, 0.15) is 66.6 Å². The predicted molar refractivity (Wildman–Crippen MR) is 120 cm³/mol. The van der Waals surface area contributed by atoms with Crippen LogP contribution < -0.4 is 15.2 Å². The van der Waals surface area contributed by atoms with Crippen molar-refractivity contribution in [1.29, 1.82) is 0 Å². The summed E-state index contributed by atoms with van der Waals surface area (Å²) in [5.74, 6) is -2.54. The van der Waals surface area contributed by atoms with Crippen molar-refractivity contribution in [2.75, 3.05) is 7.11 Å². The molecule has 1 fully saturated rings. The van der Waals surface area contributed by atoms with Gasteiger partial charge in [-0.2, -0.15) is 13.2 Å². The number of thiazole rings is 1. The molecular formula is C23H25F4N3O4S. The smallest absolute Gasteiger partial charge is 0.439 e. The summed E-state index contributed by atoms with van der Waals surface area (Å²) in [6, 6.07) is 2.51. The van der Waals surface area contributed by atoms with E-state index in [4.69, 9.17) is 9.47 Å². The zero-order valence-corrected chi connectivity index (χ0v) is 20.2. The van der Waals surface area contributed by atoms with Crippen LogP contribution in [-0.4, -0.2) is 28.4 Å². The molecule has 0 amide bonds. The number of methoxy groups -OCH3 is 1. The molecule has 35 heavy (non-hydrogen) atoms. The second kappa shape index (κ2) is 10.00. The van der Waals surface area contributed by atoms with Crippen LogP contribution in [0.5, 0.6) is 11.5 Å². The number of alkyl halides is 3. The number of aromatic amines is 1. The van der Waals surface area contributed by atoms with Crippen molar-refractivity contribution >= 4 is 11.3 Å². The van der Waals surface area contributed by atoms with E-state index in [0.29, 0.717) is 19.3 Å². The summed E-state index contributed by atoms with van der Waals surface area (Å²) in [6.07, 6.45) is -3.07. The van der Waals surface area contributed by atoms with Gasteiger partial charge in [-0.05, 0) is 45.1 Å². The quantitative estimate of drug-likeness (QED) is 0.371. The molecule has 1 unspecified atom stereocenters. The van der Waals surface area contributed by atoms with E-state index in [-0.39, 0.29) is 41.6 Å². The number of nitrogens with one attached hydrogen (secondary N) is 1. The summed E-state index contributed by atoms with van der Waals surface area (Å²) in [5.41, 5.74) is 0.918. The van der Waals surface area contributed by atoms with Crippen LogP contribution in [0, 0.1) is 18.7 Å². The number of hydrogen-bond acceptors (Lipinski definition) is 7. The highest BCUT2D eigenvalue weighted by Gasteiger charge is 2.42. The maximum Gasteiger partial charge on any atom is 0.439 e. The van der Waals surface area contributed by atoms with Gasteiger partial charge in [-0.1, -0.05) is 12.1 Å². The third kappa shape index (κ3) is 5.36. The van der Waals surface area contributed by atoms with Crippen molar-refractivity contribution in [3.8, 4) is 22.9 Å². The maximum absolute atomic E-state index is 15.0. The van der Waals surface area contributed by atoms with Gasteiger partial charge in [-0.3, -0.25) is 9.51 Å². The molecule has 3 aromatic rings. The van der Waals surface area contributed by atoms with Crippen molar-refractivity contribution in [3.63, 3.8) is 0 Å². The first-order valence-corrected chi connectivity index (χ1v) is 12.1. The van der Waals surface area contributed by atoms with Crippen molar-refractivity contribution in [2.45, 2.75) is 64.1 Å². The maximum atomic E-state index is 15.0. The van der Waals surface area contributed by atoms with Crippen LogP contribution in [0.4, 0.5) is 17.6 Å². The van der Waals surface area contributed by atoms with Gasteiger partial charge in [0, 0.05) is 12.0 Å². The van der Waals surface area contributed by atoms with Gasteiger partial charge >= 0.3 is 11.9 Å². The number of nitrogens with zero attached hydrogens (tertiary/aromatic N) is 2. The Morgan fingerprint density at radius 2 is 1.94 bits per heavy atom. The molecule has 0 spiro atoms. The molecule has 0 bridgehead atoms. The first kappa shape index (κ1) is 25.2. The van der Waals surface area contributed by atoms with E-state index in [1.165, 1.54) is 24.5 Å². The highest BCUT2D eigenvalue weighted by molar-refractivity contribution is 7.11. The Morgan fingerprint density at radius 1 is 1.23 bits per heavy atom. The van der Waals surface area contributed by atoms with E-state index < -0.39 is 29.8 Å². The molecule has 7 nitrogen and oxygen atoms in total. The van der Waals surface area contributed by atoms with Gasteiger partial charge in [0.15, 0.2) is 17.4 Å². The molecule has 1 N–H and O–H groups in total. The van der Waals surface area contributed by atoms with E-state index in [9.17, 15) is 22.4 Å². The van der Waals surface area contributed by atoms with E-state index in [2.05, 4.69) is 19.6 Å². The predicted octanol–water partition coefficient (Wildman–Crippen LogP) is 6.31. The Balaban J connectivity index is 1.54. The molecule has 4 rings (SSSR count). The Kier molecular flexibility index (Phi) is 7.20. The fraction of sp³-hybridized carbons (Fsp3) is 0.522. The average molecular weight is 516 g/mol. The molecule has 0 saturated heterocycles. The summed E-state index contributed by atoms with van der Waals surface area (Å²) < 4.78 is 69.8. The Hall–Kier alpha value is -2.89. The highest BCUT2D eigenvalue weighted by Crippen LogP contribution is 2.45. The SMILES string of the molecule is CCC(Oc1cc(OC)c(-c2noc(=O)[nH]2)cc1F)c1sc(C2CCC(C(F)(F)F)CC2)nc1C. The lowest BCUT2D eigenvalue weighted by Gasteiger charge is -2.28. The molecule has 0 aliphatic heterocycles. The van der Waals surface area contributed by atoms with Gasteiger partial charge < -0.3 is 9.47 Å². The number of aromatic nitrogens is 3. The molecule has 190 valence electrons. The van der Waals surface area contributed by atoms with Crippen molar-refractivity contribution < 1.29 is 31.6 Å². The summed E-state index contributed by atoms with van der Waals surface area (Å²) in [7, 11) is 1.39. The van der Waals surface area contributed by atoms with E-state index in [0.717, 1.165) is 21.6 Å². The number of ether oxygens (including phenoxy) is 2. The van der Waals surface area contributed by atoms with Crippen LogP contribution in [0.3, 0.4) is 0 Å². The van der Waals surface area contributed by atoms with Crippen molar-refractivity contribution in [3.05, 3.63) is 44.1 Å². The van der Waals surface area contributed by atoms with E-state index in [1.54, 1.807) is 0 Å². The Bertz CT molecular complexity index is 1230. The zero-order valence-electron chi connectivity index (χ0n) is 19.4. The largest absolute Gasteiger partial charge is 0.496 e. The minimum atomic E-state index is -4.15. The third-order valence-electron chi connectivity index (χ3n) is 6.27. The molecule has 2 aromatic heterocycles. The summed E-state index contributed by atoms with van der Waals surface area (Å²) in [5, 5.41) is 4.36. The Morgan fingerprint density at radius 3 is 2.51 bits per heavy atom. The van der Waals surface area contributed by atoms with Gasteiger partial charge in [-0.25, -0.2) is 14.2 Å². The van der Waals surface area contributed by atoms with Crippen LogP contribution >= 0.6 is 11.3 Å². The fourth-order valence-corrected chi connectivity index (χ4v) is 5.72. The second-order valence-electron chi connectivity index (χ2n) is 8.53. The van der Waals surface area contributed by atoms with E-state index in [1.807, 2.05) is 13.8 Å². The third-order valence-corrected chi connectivity index (χ3v) is 7.68. The lowest BCUT2D eigenvalue weighted by atomic mass is 9.82. The topological polar surface area (TPSA) is 90.2 Å². The number of halogens is 4. The monoisotopic (exact) mass is 515 g/mol. The van der Waals surface area contributed by atoms with Crippen molar-refractivity contribution in [2.24, 2.45) is 5.92 Å². The van der Waals surface area contributed by atoms with Gasteiger partial charge in [0.25, 0.3) is 0 Å². The lowest BCUT2D eigenvalue weighted by molar-refractivity contribution is -0.182. The zero-order chi connectivity index (χ0) is 25.3. The van der Waals surface area contributed by atoms with Crippen LogP contribution in [-0.2, 0) is 0 Å². The minimum Gasteiger partial charge on any atom is -0.496 e. The molecule has 1 aliphatic carbocycles. The molecule has 1 aliphatic rings. The molecular weight excluding hydrogens is 490 g/mol. The normalized spacial score (nSPS) is 19.5. The molecule has 1 saturated carbocycles. The standard InChI is InChI=1S/C23H25F4N3O4S/c1-4-16(19-11(2)28-21(35-19)12-5-7-13(8-6-12)23(25,26)27)33-18-10-17(32-3)14(9-15(18)24)20-29-22(31)34-30-20/h9-10,12-13,16H,4-8H2,1-3H3,(H,29,30,31). The Labute approximate surface area is 202 Å². The van der Waals surface area contributed by atoms with E-state index >= 15 is 0 Å². The average Bonchev–Trinajstić information content (AvgIpc) is 3.43. The molecule has 0 radical (unpaired) electrons. The number of benzene rings is 1. The van der Waals surface area contributed by atoms with Crippen LogP contribution in [0.25, 0.3) is 11.4 Å². The number of H-pyrrole nitrogens is 1. The first-order chi connectivity index (χ1) is 16.6. The highest BCUT2D eigenvalue weighted by atomic mass is 32.1.